The van der Waals surface area contributed by atoms with E-state index in [-0.39, 0.29) is 21.7 Å². The summed E-state index contributed by atoms with van der Waals surface area (Å²) in [5, 5.41) is 0. The molecule has 0 aliphatic heterocycles. The molecule has 0 unspecified atom stereocenters. The molecular formula is C15H13FO3S. The summed E-state index contributed by atoms with van der Waals surface area (Å²) in [7, 11) is -2.44. The van der Waals surface area contributed by atoms with Crippen molar-refractivity contribution in [3.05, 3.63) is 66.5 Å². The van der Waals surface area contributed by atoms with Gasteiger partial charge in [0, 0.05) is 0 Å². The van der Waals surface area contributed by atoms with Crippen LogP contribution in [-0.2, 0) is 9.84 Å². The van der Waals surface area contributed by atoms with Gasteiger partial charge in [-0.25, -0.2) is 12.8 Å². The molecule has 0 amide bonds. The third-order valence-electron chi connectivity index (χ3n) is 2.80. The summed E-state index contributed by atoms with van der Waals surface area (Å²) in [6.07, 6.45) is 0.108. The summed E-state index contributed by atoms with van der Waals surface area (Å²) in [5.74, 6) is 0.463. The van der Waals surface area contributed by atoms with Crippen LogP contribution >= 0.6 is 0 Å². The predicted octanol–water partition coefficient (Wildman–Crippen LogP) is 3.44. The summed E-state index contributed by atoms with van der Waals surface area (Å²) in [5.41, 5.74) is 0.246. The van der Waals surface area contributed by atoms with E-state index in [0.29, 0.717) is 5.75 Å². The van der Waals surface area contributed by atoms with Gasteiger partial charge in [-0.1, -0.05) is 30.3 Å². The van der Waals surface area contributed by atoms with E-state index in [9.17, 15) is 12.8 Å². The number of rotatable bonds is 4. The fourth-order valence-corrected chi connectivity index (χ4v) is 3.10. The Labute approximate surface area is 117 Å². The third kappa shape index (κ3) is 2.72. The van der Waals surface area contributed by atoms with E-state index in [1.54, 1.807) is 30.3 Å². The summed E-state index contributed by atoms with van der Waals surface area (Å²) in [6, 6.07) is 14.0. The largest absolute Gasteiger partial charge is 0.497 e. The minimum absolute atomic E-state index is 0.0479. The van der Waals surface area contributed by atoms with Gasteiger partial charge in [-0.3, -0.25) is 0 Å². The monoisotopic (exact) mass is 292 g/mol. The molecular weight excluding hydrogens is 279 g/mol. The van der Waals surface area contributed by atoms with E-state index in [2.05, 4.69) is 0 Å². The lowest BCUT2D eigenvalue weighted by Crippen LogP contribution is -2.04. The van der Waals surface area contributed by atoms with E-state index < -0.39 is 9.84 Å². The van der Waals surface area contributed by atoms with Crippen molar-refractivity contribution in [2.24, 2.45) is 0 Å². The van der Waals surface area contributed by atoms with E-state index >= 15 is 0 Å². The number of hydrogen-bond acceptors (Lipinski definition) is 3. The van der Waals surface area contributed by atoms with Gasteiger partial charge in [-0.05, 0) is 29.8 Å². The van der Waals surface area contributed by atoms with E-state index in [4.69, 9.17) is 4.74 Å². The molecule has 3 nitrogen and oxygen atoms in total. The SMILES string of the molecule is COc1cccc(C(=CF)S(=O)(=O)c2ccccc2)c1. The topological polar surface area (TPSA) is 43.4 Å². The highest BCUT2D eigenvalue weighted by Gasteiger charge is 2.22. The zero-order valence-electron chi connectivity index (χ0n) is 10.8. The van der Waals surface area contributed by atoms with Gasteiger partial charge in [-0.2, -0.15) is 0 Å². The van der Waals surface area contributed by atoms with Crippen LogP contribution in [0.4, 0.5) is 4.39 Å². The van der Waals surface area contributed by atoms with Crippen molar-refractivity contribution >= 4 is 14.7 Å². The first-order valence-electron chi connectivity index (χ1n) is 5.84. The molecule has 5 heteroatoms. The highest BCUT2D eigenvalue weighted by Crippen LogP contribution is 2.29. The molecule has 0 spiro atoms. The maximum atomic E-state index is 13.2. The van der Waals surface area contributed by atoms with Crippen LogP contribution < -0.4 is 4.74 Å². The molecule has 2 rings (SSSR count). The number of methoxy groups -OCH3 is 1. The summed E-state index contributed by atoms with van der Waals surface area (Å²) >= 11 is 0. The normalized spacial score (nSPS) is 12.2. The zero-order valence-corrected chi connectivity index (χ0v) is 11.6. The molecule has 0 atom stereocenters. The van der Waals surface area contributed by atoms with Gasteiger partial charge in [0.05, 0.1) is 12.0 Å². The predicted molar refractivity (Wildman–Crippen MR) is 75.7 cm³/mol. The molecule has 0 aliphatic carbocycles. The first-order valence-corrected chi connectivity index (χ1v) is 7.33. The first-order chi connectivity index (χ1) is 9.59. The van der Waals surface area contributed by atoms with Crippen LogP contribution in [0.15, 0.2) is 65.8 Å². The van der Waals surface area contributed by atoms with Crippen molar-refractivity contribution in [2.75, 3.05) is 7.11 Å². The second-order valence-electron chi connectivity index (χ2n) is 4.02. The number of halogens is 1. The van der Waals surface area contributed by atoms with Gasteiger partial charge in [0.25, 0.3) is 0 Å². The molecule has 0 heterocycles. The molecule has 0 saturated heterocycles. The summed E-state index contributed by atoms with van der Waals surface area (Å²) in [4.78, 5) is -0.339. The fraction of sp³-hybridized carbons (Fsp3) is 0.0667. The van der Waals surface area contributed by atoms with Gasteiger partial charge >= 0.3 is 0 Å². The molecule has 2 aromatic rings. The molecule has 20 heavy (non-hydrogen) atoms. The maximum Gasteiger partial charge on any atom is 0.209 e. The van der Waals surface area contributed by atoms with Crippen molar-refractivity contribution in [3.8, 4) is 5.75 Å². The summed E-state index contributed by atoms with van der Waals surface area (Å²) < 4.78 is 43.0. The smallest absolute Gasteiger partial charge is 0.209 e. The van der Waals surface area contributed by atoms with Crippen molar-refractivity contribution in [2.45, 2.75) is 4.90 Å². The molecule has 0 aliphatic rings. The maximum absolute atomic E-state index is 13.2. The highest BCUT2D eigenvalue weighted by molar-refractivity contribution is 8.00. The minimum Gasteiger partial charge on any atom is -0.497 e. The second-order valence-corrected chi connectivity index (χ2v) is 5.94. The van der Waals surface area contributed by atoms with E-state index in [1.165, 1.54) is 31.4 Å². The lowest BCUT2D eigenvalue weighted by Gasteiger charge is -2.09. The van der Waals surface area contributed by atoms with Gasteiger partial charge in [-0.15, -0.1) is 0 Å². The third-order valence-corrected chi connectivity index (χ3v) is 4.59. The van der Waals surface area contributed by atoms with Crippen LogP contribution in [0.5, 0.6) is 5.75 Å². The number of sulfone groups is 1. The van der Waals surface area contributed by atoms with Crippen LogP contribution in [-0.4, -0.2) is 15.5 Å². The molecule has 2 aromatic carbocycles. The van der Waals surface area contributed by atoms with Crippen LogP contribution in [0, 0.1) is 0 Å². The van der Waals surface area contributed by atoms with E-state index in [0.717, 1.165) is 0 Å². The van der Waals surface area contributed by atoms with Gasteiger partial charge in [0.1, 0.15) is 17.0 Å². The van der Waals surface area contributed by atoms with Crippen molar-refractivity contribution in [1.82, 2.24) is 0 Å². The van der Waals surface area contributed by atoms with Crippen LogP contribution in [0.3, 0.4) is 0 Å². The average molecular weight is 292 g/mol. The Kier molecular flexibility index (Phi) is 4.20. The second kappa shape index (κ2) is 5.88. The highest BCUT2D eigenvalue weighted by atomic mass is 32.2. The average Bonchev–Trinajstić information content (AvgIpc) is 2.49. The Morgan fingerprint density at radius 3 is 2.40 bits per heavy atom. The molecule has 104 valence electrons. The zero-order chi connectivity index (χ0) is 14.6. The minimum atomic E-state index is -3.90. The Balaban J connectivity index is 2.53. The van der Waals surface area contributed by atoms with Crippen LogP contribution in [0.1, 0.15) is 5.56 Å². The molecule has 0 radical (unpaired) electrons. The van der Waals surface area contributed by atoms with Crippen molar-refractivity contribution in [3.63, 3.8) is 0 Å². The number of hydrogen-bond donors (Lipinski definition) is 0. The summed E-state index contributed by atoms with van der Waals surface area (Å²) in [6.45, 7) is 0. The molecule has 0 saturated carbocycles. The van der Waals surface area contributed by atoms with Gasteiger partial charge in [0.15, 0.2) is 0 Å². The standard InChI is InChI=1S/C15H13FO3S/c1-19-13-7-5-6-12(10-13)15(11-16)20(17,18)14-8-3-2-4-9-14/h2-11H,1H3. The number of ether oxygens (including phenoxy) is 1. The van der Waals surface area contributed by atoms with Gasteiger partial charge < -0.3 is 4.74 Å². The molecule has 0 N–H and O–H groups in total. The van der Waals surface area contributed by atoms with Gasteiger partial charge in [0.2, 0.25) is 9.84 Å². The van der Waals surface area contributed by atoms with Crippen LogP contribution in [0.2, 0.25) is 0 Å². The lowest BCUT2D eigenvalue weighted by molar-refractivity contribution is 0.414. The Morgan fingerprint density at radius 2 is 1.80 bits per heavy atom. The first kappa shape index (κ1) is 14.3. The quantitative estimate of drug-likeness (QED) is 0.867. The molecule has 0 bridgehead atoms. The molecule has 0 fully saturated rings. The number of benzene rings is 2. The Hall–Kier alpha value is -2.14. The Bertz CT molecular complexity index is 722. The van der Waals surface area contributed by atoms with Crippen molar-refractivity contribution in [1.29, 1.82) is 0 Å². The van der Waals surface area contributed by atoms with Crippen molar-refractivity contribution < 1.29 is 17.5 Å². The Morgan fingerprint density at radius 1 is 1.10 bits per heavy atom. The fourth-order valence-electron chi connectivity index (χ4n) is 1.78. The molecule has 0 aromatic heterocycles. The van der Waals surface area contributed by atoms with Crippen LogP contribution in [0.25, 0.3) is 4.91 Å². The lowest BCUT2D eigenvalue weighted by atomic mass is 10.2. The van der Waals surface area contributed by atoms with E-state index in [1.807, 2.05) is 0 Å².